The first kappa shape index (κ1) is 24.9. The van der Waals surface area contributed by atoms with Crippen molar-refractivity contribution < 1.29 is 24.2 Å². The highest BCUT2D eigenvalue weighted by Crippen LogP contribution is 2.01. The Kier molecular flexibility index (Phi) is 17.2. The molecule has 0 aromatic carbocycles. The molecule has 9 N–H and O–H groups in total. The highest BCUT2D eigenvalue weighted by Gasteiger charge is 2.25. The summed E-state index contributed by atoms with van der Waals surface area (Å²) < 4.78 is 5.23. The van der Waals surface area contributed by atoms with E-state index < -0.39 is 14.9 Å². The highest BCUT2D eigenvalue weighted by molar-refractivity contribution is 6.56. The van der Waals surface area contributed by atoms with Gasteiger partial charge in [-0.3, -0.25) is 0 Å². The zero-order valence-corrected chi connectivity index (χ0v) is 16.3. The minimum absolute atomic E-state index is 0.0413. The number of unbranched alkanes of at least 4 members (excludes halogenated alkanes) is 2. The van der Waals surface area contributed by atoms with E-state index >= 15 is 0 Å². The first-order valence-corrected chi connectivity index (χ1v) is 11.3. The van der Waals surface area contributed by atoms with E-state index in [1.54, 1.807) is 0 Å². The standard InChI is InChI=1S/C15H38N4O5Si/c16-5-8-18-10-9-17-6-2-1-3-7-19-13-15(20)14-24-11-4-12-25(21,22)23/h15,17-23H,1-14,16H2. The van der Waals surface area contributed by atoms with Crippen molar-refractivity contribution in [3.8, 4) is 0 Å². The zero-order valence-electron chi connectivity index (χ0n) is 15.3. The summed E-state index contributed by atoms with van der Waals surface area (Å²) in [5, 5.41) is 19.5. The molecular weight excluding hydrogens is 344 g/mol. The number of nitrogens with two attached hydrogens (primary N) is 1. The summed E-state index contributed by atoms with van der Waals surface area (Å²) in [6, 6.07) is -0.0413. The van der Waals surface area contributed by atoms with Crippen LogP contribution in [0.15, 0.2) is 0 Å². The molecule has 1 atom stereocenters. The average Bonchev–Trinajstić information content (AvgIpc) is 2.54. The Hall–Kier alpha value is -0.143. The van der Waals surface area contributed by atoms with Gasteiger partial charge in [-0.2, -0.15) is 0 Å². The third-order valence-corrected chi connectivity index (χ3v) is 4.52. The largest absolute Gasteiger partial charge is 0.492 e. The lowest BCUT2D eigenvalue weighted by Crippen LogP contribution is -2.34. The van der Waals surface area contributed by atoms with Crippen molar-refractivity contribution in [1.82, 2.24) is 16.0 Å². The van der Waals surface area contributed by atoms with E-state index in [9.17, 15) is 5.11 Å². The summed E-state index contributed by atoms with van der Waals surface area (Å²) in [5.74, 6) is 0. The van der Waals surface area contributed by atoms with Gasteiger partial charge in [0.1, 0.15) is 0 Å². The van der Waals surface area contributed by atoms with E-state index in [0.717, 1.165) is 52.0 Å². The predicted molar refractivity (Wildman–Crippen MR) is 100 cm³/mol. The second-order valence-corrected chi connectivity index (χ2v) is 8.21. The fourth-order valence-corrected chi connectivity index (χ4v) is 2.78. The first-order chi connectivity index (χ1) is 12.0. The summed E-state index contributed by atoms with van der Waals surface area (Å²) >= 11 is 0. The van der Waals surface area contributed by atoms with Gasteiger partial charge >= 0.3 is 8.80 Å². The van der Waals surface area contributed by atoms with Crippen molar-refractivity contribution in [3.05, 3.63) is 0 Å². The predicted octanol–water partition coefficient (Wildman–Crippen LogP) is -2.43. The van der Waals surface area contributed by atoms with Gasteiger partial charge in [0.15, 0.2) is 0 Å². The maximum absolute atomic E-state index is 9.72. The van der Waals surface area contributed by atoms with Crippen molar-refractivity contribution in [3.63, 3.8) is 0 Å². The Labute approximate surface area is 152 Å². The number of hydrogen-bond acceptors (Lipinski definition) is 9. The number of hydrogen-bond donors (Lipinski definition) is 8. The molecule has 0 aromatic rings. The maximum atomic E-state index is 9.72. The van der Waals surface area contributed by atoms with Crippen LogP contribution in [-0.4, -0.2) is 93.4 Å². The van der Waals surface area contributed by atoms with Crippen LogP contribution >= 0.6 is 0 Å². The summed E-state index contributed by atoms with van der Waals surface area (Å²) in [6.45, 7) is 6.29. The number of rotatable bonds is 19. The van der Waals surface area contributed by atoms with Crippen LogP contribution in [0, 0.1) is 0 Å². The highest BCUT2D eigenvalue weighted by atomic mass is 28.4. The Morgan fingerprint density at radius 1 is 0.840 bits per heavy atom. The van der Waals surface area contributed by atoms with Gasteiger partial charge in [0.2, 0.25) is 0 Å². The van der Waals surface area contributed by atoms with Crippen LogP contribution in [0.1, 0.15) is 25.7 Å². The smallest absolute Gasteiger partial charge is 0.390 e. The minimum Gasteiger partial charge on any atom is -0.390 e. The summed E-state index contributed by atoms with van der Waals surface area (Å²) in [4.78, 5) is 26.5. The summed E-state index contributed by atoms with van der Waals surface area (Å²) in [7, 11) is -3.95. The number of nitrogens with one attached hydrogen (secondary N) is 3. The molecule has 0 radical (unpaired) electrons. The van der Waals surface area contributed by atoms with E-state index in [4.69, 9.17) is 24.9 Å². The molecule has 0 fully saturated rings. The van der Waals surface area contributed by atoms with Gasteiger partial charge in [-0.25, -0.2) is 0 Å². The molecule has 1 unspecified atom stereocenters. The third kappa shape index (κ3) is 21.8. The van der Waals surface area contributed by atoms with Gasteiger partial charge in [0.25, 0.3) is 0 Å². The molecule has 0 aliphatic rings. The molecule has 0 aromatic heterocycles. The zero-order chi connectivity index (χ0) is 18.8. The Morgan fingerprint density at radius 2 is 1.48 bits per heavy atom. The first-order valence-electron chi connectivity index (χ1n) is 9.21. The van der Waals surface area contributed by atoms with Gasteiger partial charge in [-0.15, -0.1) is 0 Å². The van der Waals surface area contributed by atoms with Crippen LogP contribution in [0.5, 0.6) is 0 Å². The Morgan fingerprint density at radius 3 is 2.12 bits per heavy atom. The van der Waals surface area contributed by atoms with Gasteiger partial charge in [-0.1, -0.05) is 6.42 Å². The fraction of sp³-hybridized carbons (Fsp3) is 1.00. The molecule has 0 amide bonds. The van der Waals surface area contributed by atoms with Gasteiger partial charge in [0, 0.05) is 45.4 Å². The number of ether oxygens (including phenoxy) is 1. The molecule has 152 valence electrons. The lowest BCUT2D eigenvalue weighted by atomic mass is 10.2. The monoisotopic (exact) mass is 382 g/mol. The lowest BCUT2D eigenvalue weighted by molar-refractivity contribution is 0.0363. The van der Waals surface area contributed by atoms with Crippen LogP contribution < -0.4 is 21.7 Å². The van der Waals surface area contributed by atoms with Crippen molar-refractivity contribution in [2.75, 3.05) is 59.0 Å². The second kappa shape index (κ2) is 17.3. The number of aliphatic hydroxyl groups excluding tert-OH is 1. The summed E-state index contributed by atoms with van der Waals surface area (Å²) in [6.07, 6.45) is 3.12. The van der Waals surface area contributed by atoms with E-state index in [1.807, 2.05) is 0 Å². The maximum Gasteiger partial charge on any atom is 0.492 e. The molecule has 0 bridgehead atoms. The Balaban J connectivity index is 3.18. The molecule has 0 aliphatic carbocycles. The van der Waals surface area contributed by atoms with Crippen molar-refractivity contribution in [1.29, 1.82) is 0 Å². The molecule has 10 heteroatoms. The molecule has 0 heterocycles. The lowest BCUT2D eigenvalue weighted by Gasteiger charge is -2.13. The SMILES string of the molecule is NCCNCCNCCCCCNCC(O)COCCC[Si](O)(O)O. The third-order valence-electron chi connectivity index (χ3n) is 3.50. The molecule has 9 nitrogen and oxygen atoms in total. The molecule has 25 heavy (non-hydrogen) atoms. The van der Waals surface area contributed by atoms with Crippen LogP contribution in [0.4, 0.5) is 0 Å². The van der Waals surface area contributed by atoms with Crippen LogP contribution in [0.3, 0.4) is 0 Å². The molecule has 0 saturated heterocycles. The van der Waals surface area contributed by atoms with Gasteiger partial charge < -0.3 is 45.9 Å². The fourth-order valence-electron chi connectivity index (χ4n) is 2.16. The van der Waals surface area contributed by atoms with E-state index in [0.29, 0.717) is 26.1 Å². The van der Waals surface area contributed by atoms with Crippen LogP contribution in [0.25, 0.3) is 0 Å². The van der Waals surface area contributed by atoms with E-state index in [1.165, 1.54) is 0 Å². The van der Waals surface area contributed by atoms with Crippen molar-refractivity contribution >= 4 is 8.80 Å². The molecule has 0 rings (SSSR count). The topological polar surface area (TPSA) is 152 Å². The van der Waals surface area contributed by atoms with Crippen LogP contribution in [0.2, 0.25) is 6.04 Å². The molecular formula is C15H38N4O5Si. The van der Waals surface area contributed by atoms with E-state index in [-0.39, 0.29) is 12.7 Å². The minimum atomic E-state index is -3.95. The molecule has 0 saturated carbocycles. The summed E-state index contributed by atoms with van der Waals surface area (Å²) in [5.41, 5.74) is 5.38. The van der Waals surface area contributed by atoms with Crippen molar-refractivity contribution in [2.45, 2.75) is 37.8 Å². The number of aliphatic hydroxyl groups is 1. The quantitative estimate of drug-likeness (QED) is 0.0900. The Bertz CT molecular complexity index is 285. The molecule has 0 aliphatic heterocycles. The normalized spacial score (nSPS) is 13.3. The molecule has 0 spiro atoms. The average molecular weight is 383 g/mol. The second-order valence-electron chi connectivity index (χ2n) is 6.16. The van der Waals surface area contributed by atoms with E-state index in [2.05, 4.69) is 16.0 Å². The van der Waals surface area contributed by atoms with Crippen molar-refractivity contribution in [2.24, 2.45) is 5.73 Å². The van der Waals surface area contributed by atoms with Gasteiger partial charge in [0.05, 0.1) is 12.7 Å². The van der Waals surface area contributed by atoms with Crippen LogP contribution in [-0.2, 0) is 4.74 Å². The van der Waals surface area contributed by atoms with Gasteiger partial charge in [-0.05, 0) is 32.4 Å².